The summed E-state index contributed by atoms with van der Waals surface area (Å²) in [4.78, 5) is 14.5. The highest BCUT2D eigenvalue weighted by Crippen LogP contribution is 2.22. The van der Waals surface area contributed by atoms with Crippen molar-refractivity contribution in [3.8, 4) is 0 Å². The molecular formula is C22H25ClF2N2OS. The molecule has 1 heterocycles. The Kier molecular flexibility index (Phi) is 8.33. The largest absolute Gasteiger partial charge is 0.355 e. The van der Waals surface area contributed by atoms with E-state index in [1.165, 1.54) is 12.1 Å². The monoisotopic (exact) mass is 438 g/mol. The van der Waals surface area contributed by atoms with Crippen LogP contribution >= 0.6 is 23.4 Å². The summed E-state index contributed by atoms with van der Waals surface area (Å²) >= 11 is 7.40. The lowest BCUT2D eigenvalue weighted by molar-refractivity contribution is -0.126. The van der Waals surface area contributed by atoms with Crippen LogP contribution < -0.4 is 5.32 Å². The van der Waals surface area contributed by atoms with Gasteiger partial charge in [-0.05, 0) is 49.7 Å². The summed E-state index contributed by atoms with van der Waals surface area (Å²) in [6.07, 6.45) is 1.53. The van der Waals surface area contributed by atoms with Crippen molar-refractivity contribution in [1.29, 1.82) is 0 Å². The molecular weight excluding hydrogens is 414 g/mol. The molecule has 156 valence electrons. The normalized spacial score (nSPS) is 15.4. The first-order valence-electron chi connectivity index (χ1n) is 9.78. The molecule has 0 unspecified atom stereocenters. The molecule has 1 amide bonds. The maximum atomic E-state index is 13.9. The fourth-order valence-electron chi connectivity index (χ4n) is 3.43. The Morgan fingerprint density at radius 2 is 1.86 bits per heavy atom. The molecule has 7 heteroatoms. The summed E-state index contributed by atoms with van der Waals surface area (Å²) in [6, 6.07) is 11.5. The number of carbonyl (C=O) groups is 1. The van der Waals surface area contributed by atoms with Gasteiger partial charge in [0.2, 0.25) is 5.91 Å². The van der Waals surface area contributed by atoms with E-state index in [4.69, 9.17) is 11.6 Å². The van der Waals surface area contributed by atoms with Crippen molar-refractivity contribution in [2.24, 2.45) is 5.92 Å². The molecule has 3 nitrogen and oxygen atoms in total. The Balaban J connectivity index is 1.33. The lowest BCUT2D eigenvalue weighted by Crippen LogP contribution is -2.40. The highest BCUT2D eigenvalue weighted by atomic mass is 35.5. The van der Waals surface area contributed by atoms with Gasteiger partial charge in [-0.3, -0.25) is 9.69 Å². The number of hydrogen-bond acceptors (Lipinski definition) is 3. The number of carbonyl (C=O) groups excluding carboxylic acids is 1. The second-order valence-electron chi connectivity index (χ2n) is 7.22. The van der Waals surface area contributed by atoms with Gasteiger partial charge >= 0.3 is 0 Å². The van der Waals surface area contributed by atoms with Gasteiger partial charge in [0.15, 0.2) is 0 Å². The van der Waals surface area contributed by atoms with Crippen molar-refractivity contribution in [2.45, 2.75) is 25.1 Å². The van der Waals surface area contributed by atoms with Crippen molar-refractivity contribution < 1.29 is 13.6 Å². The minimum Gasteiger partial charge on any atom is -0.355 e. The summed E-state index contributed by atoms with van der Waals surface area (Å²) < 4.78 is 27.5. The van der Waals surface area contributed by atoms with Crippen LogP contribution in [0.2, 0.25) is 5.02 Å². The molecule has 0 spiro atoms. The molecule has 0 radical (unpaired) electrons. The third kappa shape index (κ3) is 6.69. The average Bonchev–Trinajstić information content (AvgIpc) is 2.71. The summed E-state index contributed by atoms with van der Waals surface area (Å²) in [5.74, 6) is 0.947. The maximum Gasteiger partial charge on any atom is 0.223 e. The van der Waals surface area contributed by atoms with Gasteiger partial charge in [-0.1, -0.05) is 35.9 Å². The highest BCUT2D eigenvalue weighted by Gasteiger charge is 2.25. The number of nitrogens with one attached hydrogen (secondary N) is 1. The number of nitrogens with zero attached hydrogens (tertiary/aromatic N) is 1. The molecule has 0 saturated carbocycles. The Labute approximate surface area is 179 Å². The molecule has 2 aromatic rings. The van der Waals surface area contributed by atoms with E-state index in [0.717, 1.165) is 31.7 Å². The van der Waals surface area contributed by atoms with Crippen LogP contribution in [-0.2, 0) is 17.1 Å². The fraction of sp³-hybridized carbons (Fsp3) is 0.409. The third-order valence-corrected chi connectivity index (χ3v) is 6.37. The zero-order chi connectivity index (χ0) is 20.6. The molecule has 1 fully saturated rings. The Morgan fingerprint density at radius 1 is 1.10 bits per heavy atom. The first-order chi connectivity index (χ1) is 14.0. The van der Waals surface area contributed by atoms with Crippen LogP contribution in [0.4, 0.5) is 8.78 Å². The van der Waals surface area contributed by atoms with E-state index in [9.17, 15) is 13.6 Å². The molecule has 3 rings (SSSR count). The van der Waals surface area contributed by atoms with Gasteiger partial charge in [0.05, 0.1) is 0 Å². The second-order valence-corrected chi connectivity index (χ2v) is 8.76. The van der Waals surface area contributed by atoms with Gasteiger partial charge in [-0.25, -0.2) is 8.78 Å². The number of thioether (sulfide) groups is 1. The van der Waals surface area contributed by atoms with E-state index in [1.54, 1.807) is 36.0 Å². The highest BCUT2D eigenvalue weighted by molar-refractivity contribution is 7.98. The summed E-state index contributed by atoms with van der Waals surface area (Å²) in [5.41, 5.74) is 1.32. The molecule has 1 N–H and O–H groups in total. The van der Waals surface area contributed by atoms with Crippen LogP contribution in [0.25, 0.3) is 0 Å². The van der Waals surface area contributed by atoms with E-state index in [2.05, 4.69) is 10.2 Å². The predicted octanol–water partition coefficient (Wildman–Crippen LogP) is 4.88. The first-order valence-corrected chi connectivity index (χ1v) is 11.3. The first kappa shape index (κ1) is 22.1. The molecule has 1 aliphatic heterocycles. The standard InChI is InChI=1S/C22H25ClF2N2OS/c23-19-6-5-17(21(25)13-19)14-27-10-7-16(8-11-27)22(28)26-9-12-29-15-18-3-1-2-4-20(18)24/h1-6,13,16H,7-12,14-15H2,(H,26,28). The quantitative estimate of drug-likeness (QED) is 0.596. The van der Waals surface area contributed by atoms with E-state index in [0.29, 0.717) is 35.0 Å². The van der Waals surface area contributed by atoms with E-state index in [-0.39, 0.29) is 23.5 Å². The maximum absolute atomic E-state index is 13.9. The van der Waals surface area contributed by atoms with Gasteiger partial charge in [0.25, 0.3) is 0 Å². The van der Waals surface area contributed by atoms with Crippen LogP contribution in [0.1, 0.15) is 24.0 Å². The zero-order valence-corrected chi connectivity index (χ0v) is 17.7. The van der Waals surface area contributed by atoms with E-state index < -0.39 is 0 Å². The summed E-state index contributed by atoms with van der Waals surface area (Å²) in [5, 5.41) is 3.38. The van der Waals surface area contributed by atoms with Crippen molar-refractivity contribution in [1.82, 2.24) is 10.2 Å². The molecule has 1 saturated heterocycles. The topological polar surface area (TPSA) is 32.3 Å². The average molecular weight is 439 g/mol. The smallest absolute Gasteiger partial charge is 0.223 e. The number of rotatable bonds is 8. The molecule has 0 aromatic heterocycles. The second kappa shape index (κ2) is 11.0. The van der Waals surface area contributed by atoms with Crippen molar-refractivity contribution in [3.05, 3.63) is 70.2 Å². The lowest BCUT2D eigenvalue weighted by atomic mass is 9.95. The van der Waals surface area contributed by atoms with Crippen molar-refractivity contribution in [2.75, 3.05) is 25.4 Å². The fourth-order valence-corrected chi connectivity index (χ4v) is 4.44. The Hall–Kier alpha value is -1.63. The Bertz CT molecular complexity index is 828. The molecule has 1 aliphatic rings. The van der Waals surface area contributed by atoms with Crippen LogP contribution in [-0.4, -0.2) is 36.2 Å². The zero-order valence-electron chi connectivity index (χ0n) is 16.2. The van der Waals surface area contributed by atoms with Gasteiger partial charge in [0.1, 0.15) is 11.6 Å². The summed E-state index contributed by atoms with van der Waals surface area (Å²) in [7, 11) is 0. The molecule has 2 aromatic carbocycles. The van der Waals surface area contributed by atoms with Crippen LogP contribution in [0.5, 0.6) is 0 Å². The van der Waals surface area contributed by atoms with Crippen LogP contribution in [0, 0.1) is 17.6 Å². The third-order valence-electron chi connectivity index (χ3n) is 5.13. The van der Waals surface area contributed by atoms with E-state index in [1.807, 2.05) is 6.07 Å². The lowest BCUT2D eigenvalue weighted by Gasteiger charge is -2.31. The van der Waals surface area contributed by atoms with Gasteiger partial charge < -0.3 is 5.32 Å². The van der Waals surface area contributed by atoms with Gasteiger partial charge in [0, 0.05) is 41.1 Å². The number of amides is 1. The van der Waals surface area contributed by atoms with Crippen molar-refractivity contribution in [3.63, 3.8) is 0 Å². The Morgan fingerprint density at radius 3 is 2.59 bits per heavy atom. The summed E-state index contributed by atoms with van der Waals surface area (Å²) in [6.45, 7) is 2.64. The SMILES string of the molecule is O=C(NCCSCc1ccccc1F)C1CCN(Cc2ccc(Cl)cc2F)CC1. The van der Waals surface area contributed by atoms with Crippen molar-refractivity contribution >= 4 is 29.3 Å². The number of piperidine rings is 1. The molecule has 0 aliphatic carbocycles. The number of halogens is 3. The van der Waals surface area contributed by atoms with Gasteiger partial charge in [-0.2, -0.15) is 11.8 Å². The number of hydrogen-bond donors (Lipinski definition) is 1. The molecule has 0 atom stereocenters. The van der Waals surface area contributed by atoms with E-state index >= 15 is 0 Å². The number of benzene rings is 2. The van der Waals surface area contributed by atoms with Crippen LogP contribution in [0.3, 0.4) is 0 Å². The number of likely N-dealkylation sites (tertiary alicyclic amines) is 1. The van der Waals surface area contributed by atoms with Crippen LogP contribution in [0.15, 0.2) is 42.5 Å². The van der Waals surface area contributed by atoms with Gasteiger partial charge in [-0.15, -0.1) is 0 Å². The minimum atomic E-state index is -0.287. The molecule has 0 bridgehead atoms. The molecule has 29 heavy (non-hydrogen) atoms. The minimum absolute atomic E-state index is 0.00196. The predicted molar refractivity (Wildman–Crippen MR) is 115 cm³/mol.